The second kappa shape index (κ2) is 6.25. The molecule has 132 valence electrons. The first-order chi connectivity index (χ1) is 12.5. The van der Waals surface area contributed by atoms with E-state index in [9.17, 15) is 13.9 Å². The number of nitrogens with zero attached hydrogens (tertiary/aromatic N) is 4. The highest BCUT2D eigenvalue weighted by atomic mass is 19.3. The minimum absolute atomic E-state index is 0.156. The molecule has 0 radical (unpaired) electrons. The first kappa shape index (κ1) is 16.3. The number of hydrogen-bond donors (Lipinski definition) is 1. The molecule has 26 heavy (non-hydrogen) atoms. The third-order valence-corrected chi connectivity index (χ3v) is 4.36. The molecule has 5 nitrogen and oxygen atoms in total. The zero-order valence-electron chi connectivity index (χ0n) is 14.0. The molecule has 0 fully saturated rings. The van der Waals surface area contributed by atoms with Crippen molar-refractivity contribution < 1.29 is 13.9 Å². The monoisotopic (exact) mass is 354 g/mol. The molecule has 4 rings (SSSR count). The smallest absolute Gasteiger partial charge is 0.256 e. The Morgan fingerprint density at radius 3 is 2.62 bits per heavy atom. The van der Waals surface area contributed by atoms with Crippen molar-refractivity contribution in [3.05, 3.63) is 60.4 Å². The van der Waals surface area contributed by atoms with Crippen molar-refractivity contribution in [2.75, 3.05) is 0 Å². The highest BCUT2D eigenvalue weighted by Gasteiger charge is 2.16. The van der Waals surface area contributed by atoms with Gasteiger partial charge in [-0.05, 0) is 31.2 Å². The molecule has 1 N–H and O–H groups in total. The fraction of sp³-hybridized carbons (Fsp3) is 0.158. The van der Waals surface area contributed by atoms with Gasteiger partial charge in [-0.3, -0.25) is 0 Å². The topological polar surface area (TPSA) is 55.9 Å². The second-order valence-corrected chi connectivity index (χ2v) is 6.07. The molecule has 0 unspecified atom stereocenters. The standard InChI is InChI=1S/C19H16F2N4O/c1-12-18(22-23-25(12)15-5-3-2-4-6-15)13-7-8-16-14(9-13)10-24(19(16)26)11-17(20)21/h2-10,17,26H,11H2,1H3. The second-order valence-electron chi connectivity index (χ2n) is 6.07. The third-order valence-electron chi connectivity index (χ3n) is 4.36. The van der Waals surface area contributed by atoms with E-state index in [0.29, 0.717) is 16.5 Å². The van der Waals surface area contributed by atoms with E-state index in [4.69, 9.17) is 0 Å². The van der Waals surface area contributed by atoms with Gasteiger partial charge in [0.1, 0.15) is 5.69 Å². The zero-order valence-corrected chi connectivity index (χ0v) is 14.0. The molecule has 0 bridgehead atoms. The summed E-state index contributed by atoms with van der Waals surface area (Å²) in [7, 11) is 0. The van der Waals surface area contributed by atoms with Crippen LogP contribution in [0.2, 0.25) is 0 Å². The SMILES string of the molecule is Cc1c(-c2ccc3c(O)n(CC(F)F)cc3c2)nnn1-c1ccccc1. The Bertz CT molecular complexity index is 1070. The van der Waals surface area contributed by atoms with Crippen molar-refractivity contribution >= 4 is 10.8 Å². The molecule has 2 heterocycles. The number of aromatic hydroxyl groups is 1. The van der Waals surface area contributed by atoms with E-state index in [-0.39, 0.29) is 5.88 Å². The summed E-state index contributed by atoms with van der Waals surface area (Å²) in [5.41, 5.74) is 3.29. The lowest BCUT2D eigenvalue weighted by Crippen LogP contribution is -2.04. The zero-order chi connectivity index (χ0) is 18.3. The Balaban J connectivity index is 1.77. The van der Waals surface area contributed by atoms with Gasteiger partial charge >= 0.3 is 0 Å². The van der Waals surface area contributed by atoms with E-state index >= 15 is 0 Å². The fourth-order valence-electron chi connectivity index (χ4n) is 3.10. The van der Waals surface area contributed by atoms with Crippen molar-refractivity contribution in [2.24, 2.45) is 0 Å². The van der Waals surface area contributed by atoms with Gasteiger partial charge in [0, 0.05) is 22.5 Å². The van der Waals surface area contributed by atoms with Crippen LogP contribution in [0.5, 0.6) is 5.88 Å². The maximum atomic E-state index is 12.6. The molecule has 0 saturated carbocycles. The van der Waals surface area contributed by atoms with E-state index < -0.39 is 13.0 Å². The van der Waals surface area contributed by atoms with Crippen molar-refractivity contribution in [3.8, 4) is 22.8 Å². The number of alkyl halides is 2. The summed E-state index contributed by atoms with van der Waals surface area (Å²) < 4.78 is 28.2. The lowest BCUT2D eigenvalue weighted by Gasteiger charge is -2.03. The number of rotatable bonds is 4. The molecule has 4 aromatic rings. The Morgan fingerprint density at radius 2 is 1.88 bits per heavy atom. The van der Waals surface area contributed by atoms with Crippen LogP contribution >= 0.6 is 0 Å². The Kier molecular flexibility index (Phi) is 3.91. The lowest BCUT2D eigenvalue weighted by atomic mass is 10.1. The fourth-order valence-corrected chi connectivity index (χ4v) is 3.10. The third kappa shape index (κ3) is 2.71. The summed E-state index contributed by atoms with van der Waals surface area (Å²) >= 11 is 0. The molecule has 0 saturated heterocycles. The van der Waals surface area contributed by atoms with Crippen LogP contribution in [0.25, 0.3) is 27.7 Å². The van der Waals surface area contributed by atoms with Crippen molar-refractivity contribution in [1.82, 2.24) is 19.6 Å². The van der Waals surface area contributed by atoms with Gasteiger partial charge in [-0.1, -0.05) is 29.5 Å². The van der Waals surface area contributed by atoms with E-state index in [1.54, 1.807) is 16.8 Å². The van der Waals surface area contributed by atoms with Gasteiger partial charge in [0.15, 0.2) is 5.88 Å². The van der Waals surface area contributed by atoms with Crippen molar-refractivity contribution in [2.45, 2.75) is 19.9 Å². The Labute approximate surface area is 148 Å². The van der Waals surface area contributed by atoms with Crippen LogP contribution in [-0.4, -0.2) is 31.1 Å². The Hall–Kier alpha value is -3.22. The summed E-state index contributed by atoms with van der Waals surface area (Å²) in [6, 6.07) is 15.0. The number of halogens is 2. The molecular weight excluding hydrogens is 338 g/mol. The average Bonchev–Trinajstić information content (AvgIpc) is 3.15. The maximum absolute atomic E-state index is 12.6. The normalized spacial score (nSPS) is 11.5. The van der Waals surface area contributed by atoms with Crippen LogP contribution < -0.4 is 0 Å². The molecule has 0 aliphatic rings. The molecular formula is C19H16F2N4O. The van der Waals surface area contributed by atoms with Gasteiger partial charge in [-0.2, -0.15) is 0 Å². The number of aromatic nitrogens is 4. The van der Waals surface area contributed by atoms with Gasteiger partial charge in [-0.25, -0.2) is 13.5 Å². The minimum Gasteiger partial charge on any atom is -0.494 e. The summed E-state index contributed by atoms with van der Waals surface area (Å²) in [5.74, 6) is -0.156. The summed E-state index contributed by atoms with van der Waals surface area (Å²) in [6.45, 7) is 1.38. The van der Waals surface area contributed by atoms with Crippen LogP contribution in [0.1, 0.15) is 5.69 Å². The predicted octanol–water partition coefficient (Wildman–Crippen LogP) is 4.17. The van der Waals surface area contributed by atoms with E-state index in [0.717, 1.165) is 21.5 Å². The number of hydrogen-bond acceptors (Lipinski definition) is 3. The van der Waals surface area contributed by atoms with E-state index in [1.165, 1.54) is 6.20 Å². The summed E-state index contributed by atoms with van der Waals surface area (Å²) in [4.78, 5) is 0. The molecule has 0 aliphatic heterocycles. The molecule has 0 amide bonds. The molecule has 0 atom stereocenters. The minimum atomic E-state index is -2.53. The van der Waals surface area contributed by atoms with Gasteiger partial charge in [0.2, 0.25) is 0 Å². The first-order valence-electron chi connectivity index (χ1n) is 8.12. The van der Waals surface area contributed by atoms with Crippen molar-refractivity contribution in [3.63, 3.8) is 0 Å². The Morgan fingerprint density at radius 1 is 1.12 bits per heavy atom. The molecule has 2 aromatic heterocycles. The number of fused-ring (bicyclic) bond motifs is 1. The van der Waals surface area contributed by atoms with Gasteiger partial charge in [-0.15, -0.1) is 5.10 Å². The molecule has 0 aliphatic carbocycles. The average molecular weight is 354 g/mol. The molecule has 7 heteroatoms. The van der Waals surface area contributed by atoms with Gasteiger partial charge < -0.3 is 9.67 Å². The predicted molar refractivity (Wildman–Crippen MR) is 94.7 cm³/mol. The van der Waals surface area contributed by atoms with E-state index in [1.807, 2.05) is 43.3 Å². The molecule has 2 aromatic carbocycles. The maximum Gasteiger partial charge on any atom is 0.256 e. The summed E-state index contributed by atoms with van der Waals surface area (Å²) in [5, 5.41) is 19.8. The van der Waals surface area contributed by atoms with Crippen LogP contribution in [0.15, 0.2) is 54.7 Å². The highest BCUT2D eigenvalue weighted by molar-refractivity contribution is 5.91. The van der Waals surface area contributed by atoms with Crippen LogP contribution in [0.3, 0.4) is 0 Å². The first-order valence-corrected chi connectivity index (χ1v) is 8.12. The van der Waals surface area contributed by atoms with Gasteiger partial charge in [0.05, 0.1) is 17.9 Å². The highest BCUT2D eigenvalue weighted by Crippen LogP contribution is 2.32. The largest absolute Gasteiger partial charge is 0.494 e. The van der Waals surface area contributed by atoms with Crippen LogP contribution in [-0.2, 0) is 6.54 Å². The summed E-state index contributed by atoms with van der Waals surface area (Å²) in [6.07, 6.45) is -1.01. The quantitative estimate of drug-likeness (QED) is 0.598. The number of benzene rings is 2. The van der Waals surface area contributed by atoms with Gasteiger partial charge in [0.25, 0.3) is 6.43 Å². The van der Waals surface area contributed by atoms with Crippen LogP contribution in [0.4, 0.5) is 8.78 Å². The number of para-hydroxylation sites is 1. The van der Waals surface area contributed by atoms with Crippen molar-refractivity contribution in [1.29, 1.82) is 0 Å². The lowest BCUT2D eigenvalue weighted by molar-refractivity contribution is 0.123. The van der Waals surface area contributed by atoms with Crippen LogP contribution in [0, 0.1) is 6.92 Å². The van der Waals surface area contributed by atoms with E-state index in [2.05, 4.69) is 10.3 Å². The molecule has 0 spiro atoms.